The monoisotopic (exact) mass is 231 g/mol. The first kappa shape index (κ1) is 11.3. The van der Waals surface area contributed by atoms with Gasteiger partial charge in [0.05, 0.1) is 11.1 Å². The van der Waals surface area contributed by atoms with Crippen molar-refractivity contribution in [2.75, 3.05) is 6.61 Å². The van der Waals surface area contributed by atoms with Gasteiger partial charge in [0.1, 0.15) is 12.4 Å². The van der Waals surface area contributed by atoms with Gasteiger partial charge in [0.25, 0.3) is 0 Å². The van der Waals surface area contributed by atoms with Crippen LogP contribution in [0.5, 0.6) is 5.75 Å². The molecule has 2 N–H and O–H groups in total. The van der Waals surface area contributed by atoms with E-state index in [0.717, 1.165) is 25.0 Å². The Labute approximate surface area is 91.2 Å². The molecule has 0 radical (unpaired) electrons. The molecule has 0 saturated heterocycles. The molecular weight excluding hydrogens is 219 g/mol. The van der Waals surface area contributed by atoms with E-state index in [2.05, 4.69) is 0 Å². The van der Waals surface area contributed by atoms with Crippen molar-refractivity contribution in [2.45, 2.75) is 24.6 Å². The number of alkyl halides is 3. The van der Waals surface area contributed by atoms with Crippen LogP contribution >= 0.6 is 0 Å². The summed E-state index contributed by atoms with van der Waals surface area (Å²) in [4.78, 5) is 0. The molecule has 1 aliphatic carbocycles. The Kier molecular flexibility index (Phi) is 2.58. The number of nitrogens with two attached hydrogens (primary N) is 1. The molecule has 0 bridgehead atoms. The summed E-state index contributed by atoms with van der Waals surface area (Å²) in [6.07, 6.45) is -2.48. The fourth-order valence-corrected chi connectivity index (χ4v) is 1.27. The average Bonchev–Trinajstić information content (AvgIpc) is 2.94. The SMILES string of the molecule is NC1(COc2ccc(C(F)(F)F)cc2)CC1. The molecule has 1 fully saturated rings. The first-order chi connectivity index (χ1) is 7.39. The summed E-state index contributed by atoms with van der Waals surface area (Å²) in [5.74, 6) is 0.421. The van der Waals surface area contributed by atoms with Gasteiger partial charge in [-0.2, -0.15) is 13.2 Å². The minimum atomic E-state index is -4.30. The van der Waals surface area contributed by atoms with Crippen molar-refractivity contribution in [2.24, 2.45) is 5.73 Å². The molecular formula is C11H12F3NO. The zero-order valence-corrected chi connectivity index (χ0v) is 8.55. The highest BCUT2D eigenvalue weighted by atomic mass is 19.4. The van der Waals surface area contributed by atoms with E-state index in [1.165, 1.54) is 12.1 Å². The summed E-state index contributed by atoms with van der Waals surface area (Å²) >= 11 is 0. The molecule has 0 heterocycles. The van der Waals surface area contributed by atoms with E-state index in [1.807, 2.05) is 0 Å². The summed E-state index contributed by atoms with van der Waals surface area (Å²) < 4.78 is 42.0. The summed E-state index contributed by atoms with van der Waals surface area (Å²) in [5, 5.41) is 0. The highest BCUT2D eigenvalue weighted by Crippen LogP contribution is 2.33. The van der Waals surface area contributed by atoms with Crippen molar-refractivity contribution in [3.05, 3.63) is 29.8 Å². The van der Waals surface area contributed by atoms with Crippen molar-refractivity contribution >= 4 is 0 Å². The van der Waals surface area contributed by atoms with Crippen LogP contribution in [0.4, 0.5) is 13.2 Å². The topological polar surface area (TPSA) is 35.2 Å². The molecule has 0 atom stereocenters. The van der Waals surface area contributed by atoms with Gasteiger partial charge < -0.3 is 10.5 Å². The number of hydrogen-bond acceptors (Lipinski definition) is 2. The second-order valence-corrected chi connectivity index (χ2v) is 4.17. The molecule has 1 aromatic rings. The molecule has 1 aliphatic rings. The molecule has 16 heavy (non-hydrogen) atoms. The summed E-state index contributed by atoms with van der Waals surface area (Å²) in [7, 11) is 0. The van der Waals surface area contributed by atoms with Crippen LogP contribution in [0.3, 0.4) is 0 Å². The lowest BCUT2D eigenvalue weighted by Gasteiger charge is -2.12. The van der Waals surface area contributed by atoms with Crippen LogP contribution in [0.2, 0.25) is 0 Å². The Hall–Kier alpha value is -1.23. The van der Waals surface area contributed by atoms with Gasteiger partial charge >= 0.3 is 6.18 Å². The van der Waals surface area contributed by atoms with Gasteiger partial charge in [0.15, 0.2) is 0 Å². The molecule has 0 amide bonds. The minimum absolute atomic E-state index is 0.261. The second kappa shape index (κ2) is 3.66. The van der Waals surface area contributed by atoms with Crippen molar-refractivity contribution in [3.63, 3.8) is 0 Å². The Morgan fingerprint density at radius 2 is 1.75 bits per heavy atom. The van der Waals surface area contributed by atoms with Gasteiger partial charge in [-0.15, -0.1) is 0 Å². The lowest BCUT2D eigenvalue weighted by Crippen LogP contribution is -2.29. The van der Waals surface area contributed by atoms with E-state index < -0.39 is 11.7 Å². The van der Waals surface area contributed by atoms with Crippen molar-refractivity contribution in [3.8, 4) is 5.75 Å². The van der Waals surface area contributed by atoms with Crippen LogP contribution in [0.15, 0.2) is 24.3 Å². The van der Waals surface area contributed by atoms with Gasteiger partial charge in [-0.3, -0.25) is 0 Å². The summed E-state index contributed by atoms with van der Waals surface area (Å²) in [5.41, 5.74) is 4.85. The van der Waals surface area contributed by atoms with E-state index in [9.17, 15) is 13.2 Å². The third kappa shape index (κ3) is 2.66. The molecule has 0 aromatic heterocycles. The maximum absolute atomic E-state index is 12.2. The van der Waals surface area contributed by atoms with Gasteiger partial charge in [-0.1, -0.05) is 0 Å². The van der Waals surface area contributed by atoms with Crippen LogP contribution in [0.25, 0.3) is 0 Å². The highest BCUT2D eigenvalue weighted by molar-refractivity contribution is 5.29. The third-order valence-corrected chi connectivity index (χ3v) is 2.60. The fourth-order valence-electron chi connectivity index (χ4n) is 1.27. The highest BCUT2D eigenvalue weighted by Gasteiger charge is 2.39. The minimum Gasteiger partial charge on any atom is -0.492 e. The molecule has 2 rings (SSSR count). The van der Waals surface area contributed by atoms with E-state index in [-0.39, 0.29) is 5.54 Å². The molecule has 1 aromatic carbocycles. The van der Waals surface area contributed by atoms with Gasteiger partial charge in [-0.25, -0.2) is 0 Å². The van der Waals surface area contributed by atoms with Crippen LogP contribution in [-0.4, -0.2) is 12.1 Å². The fraction of sp³-hybridized carbons (Fsp3) is 0.455. The Morgan fingerprint density at radius 1 is 1.19 bits per heavy atom. The quantitative estimate of drug-likeness (QED) is 0.867. The van der Waals surface area contributed by atoms with E-state index in [4.69, 9.17) is 10.5 Å². The number of ether oxygens (including phenoxy) is 1. The van der Waals surface area contributed by atoms with Crippen LogP contribution in [0.1, 0.15) is 18.4 Å². The zero-order valence-electron chi connectivity index (χ0n) is 8.55. The largest absolute Gasteiger partial charge is 0.492 e. The smallest absolute Gasteiger partial charge is 0.416 e. The van der Waals surface area contributed by atoms with E-state index >= 15 is 0 Å². The summed E-state index contributed by atoms with van der Waals surface area (Å²) in [6, 6.07) is 4.64. The Bertz CT molecular complexity index is 368. The normalized spacial score (nSPS) is 18.2. The van der Waals surface area contributed by atoms with Gasteiger partial charge in [0.2, 0.25) is 0 Å². The third-order valence-electron chi connectivity index (χ3n) is 2.60. The molecule has 2 nitrogen and oxygen atoms in total. The van der Waals surface area contributed by atoms with Crippen LogP contribution in [0, 0.1) is 0 Å². The zero-order chi connectivity index (χ0) is 11.8. The van der Waals surface area contributed by atoms with E-state index in [0.29, 0.717) is 12.4 Å². The predicted molar refractivity (Wildman–Crippen MR) is 53.1 cm³/mol. The van der Waals surface area contributed by atoms with E-state index in [1.54, 1.807) is 0 Å². The number of rotatable bonds is 3. The molecule has 88 valence electrons. The van der Waals surface area contributed by atoms with Crippen molar-refractivity contribution < 1.29 is 17.9 Å². The summed E-state index contributed by atoms with van der Waals surface area (Å²) in [6.45, 7) is 0.359. The lowest BCUT2D eigenvalue weighted by molar-refractivity contribution is -0.137. The maximum atomic E-state index is 12.2. The van der Waals surface area contributed by atoms with Gasteiger partial charge in [0, 0.05) is 0 Å². The first-order valence-corrected chi connectivity index (χ1v) is 4.98. The van der Waals surface area contributed by atoms with Crippen LogP contribution < -0.4 is 10.5 Å². The molecule has 1 saturated carbocycles. The second-order valence-electron chi connectivity index (χ2n) is 4.17. The molecule has 0 aliphatic heterocycles. The Balaban J connectivity index is 1.96. The molecule has 0 unspecified atom stereocenters. The standard InChI is InChI=1S/C11H12F3NO/c12-11(13,14)8-1-3-9(4-2-8)16-7-10(15)5-6-10/h1-4H,5-7,15H2. The van der Waals surface area contributed by atoms with Crippen molar-refractivity contribution in [1.29, 1.82) is 0 Å². The number of halogens is 3. The van der Waals surface area contributed by atoms with Crippen molar-refractivity contribution in [1.82, 2.24) is 0 Å². The first-order valence-electron chi connectivity index (χ1n) is 4.98. The van der Waals surface area contributed by atoms with Gasteiger partial charge in [-0.05, 0) is 37.1 Å². The lowest BCUT2D eigenvalue weighted by atomic mass is 10.2. The number of hydrogen-bond donors (Lipinski definition) is 1. The number of benzene rings is 1. The average molecular weight is 231 g/mol. The molecule has 5 heteroatoms. The molecule has 0 spiro atoms. The maximum Gasteiger partial charge on any atom is 0.416 e. The predicted octanol–water partition coefficient (Wildman–Crippen LogP) is 2.58. The van der Waals surface area contributed by atoms with Crippen LogP contribution in [-0.2, 0) is 6.18 Å². The Morgan fingerprint density at radius 3 is 2.19 bits per heavy atom.